The Labute approximate surface area is 222 Å². The number of aliphatic hydroxyl groups excluding tert-OH is 1. The maximum absolute atomic E-state index is 11.2. The fourth-order valence-electron chi connectivity index (χ4n) is 4.50. The third-order valence-corrected chi connectivity index (χ3v) is 10.7. The van der Waals surface area contributed by atoms with Gasteiger partial charge in [0, 0.05) is 6.42 Å². The SMILES string of the molecule is COC(=O)CCCCCCC[C@@H](O)C[P+](c1ccccc1)(c1ccccc1)c1ccccc1.[I-]. The predicted molar refractivity (Wildman–Crippen MR) is 140 cm³/mol. The van der Waals surface area contributed by atoms with Gasteiger partial charge in [-0.15, -0.1) is 0 Å². The van der Waals surface area contributed by atoms with Crippen molar-refractivity contribution in [2.45, 2.75) is 51.0 Å². The molecule has 0 amide bonds. The van der Waals surface area contributed by atoms with Gasteiger partial charge < -0.3 is 33.8 Å². The zero-order valence-corrected chi connectivity index (χ0v) is 23.0. The third-order valence-electron chi connectivity index (χ3n) is 6.22. The van der Waals surface area contributed by atoms with Crippen molar-refractivity contribution in [2.75, 3.05) is 13.3 Å². The topological polar surface area (TPSA) is 46.5 Å². The Hall–Kier alpha value is -1.75. The summed E-state index contributed by atoms with van der Waals surface area (Å²) in [5.74, 6) is -0.131. The van der Waals surface area contributed by atoms with Crippen LogP contribution in [0, 0.1) is 0 Å². The number of hydrogen-bond acceptors (Lipinski definition) is 3. The Morgan fingerprint density at radius 3 is 1.59 bits per heavy atom. The van der Waals surface area contributed by atoms with E-state index in [0.29, 0.717) is 6.42 Å². The van der Waals surface area contributed by atoms with Gasteiger partial charge in [0.15, 0.2) is 0 Å². The Morgan fingerprint density at radius 2 is 1.15 bits per heavy atom. The largest absolute Gasteiger partial charge is 1.00 e. The molecule has 0 spiro atoms. The number of ether oxygens (including phenoxy) is 1. The normalized spacial score (nSPS) is 11.9. The lowest BCUT2D eigenvalue weighted by Crippen LogP contribution is -3.00. The van der Waals surface area contributed by atoms with Crippen molar-refractivity contribution in [2.24, 2.45) is 0 Å². The molecule has 1 N–H and O–H groups in total. The van der Waals surface area contributed by atoms with Gasteiger partial charge in [-0.05, 0) is 49.2 Å². The number of rotatable bonds is 13. The molecule has 0 aromatic heterocycles. The van der Waals surface area contributed by atoms with Crippen molar-refractivity contribution in [3.63, 3.8) is 0 Å². The molecule has 5 heteroatoms. The Balaban J connectivity index is 0.00000408. The summed E-state index contributed by atoms with van der Waals surface area (Å²) in [5.41, 5.74) is 0. The van der Waals surface area contributed by atoms with Crippen LogP contribution in [0.25, 0.3) is 0 Å². The molecule has 0 aliphatic carbocycles. The molecule has 0 heterocycles. The highest BCUT2D eigenvalue weighted by Gasteiger charge is 2.46. The highest BCUT2D eigenvalue weighted by Crippen LogP contribution is 2.56. The fraction of sp³-hybridized carbons (Fsp3) is 0.345. The van der Waals surface area contributed by atoms with Crippen LogP contribution < -0.4 is 39.9 Å². The van der Waals surface area contributed by atoms with E-state index in [9.17, 15) is 9.90 Å². The number of esters is 1. The van der Waals surface area contributed by atoms with Gasteiger partial charge >= 0.3 is 5.97 Å². The molecule has 3 aromatic carbocycles. The van der Waals surface area contributed by atoms with Crippen molar-refractivity contribution in [3.05, 3.63) is 91.0 Å². The summed E-state index contributed by atoms with van der Waals surface area (Å²) in [5, 5.41) is 15.2. The summed E-state index contributed by atoms with van der Waals surface area (Å²) in [6.45, 7) is 0. The number of benzene rings is 3. The van der Waals surface area contributed by atoms with E-state index in [1.54, 1.807) is 0 Å². The van der Waals surface area contributed by atoms with Gasteiger partial charge in [0.05, 0.1) is 19.4 Å². The quantitative estimate of drug-likeness (QED) is 0.144. The number of hydrogen-bond donors (Lipinski definition) is 1. The molecule has 34 heavy (non-hydrogen) atoms. The van der Waals surface area contributed by atoms with E-state index in [2.05, 4.69) is 91.0 Å². The average Bonchev–Trinajstić information content (AvgIpc) is 2.88. The molecule has 0 fully saturated rings. The first kappa shape index (κ1) is 28.5. The number of carbonyl (C=O) groups is 1. The van der Waals surface area contributed by atoms with E-state index >= 15 is 0 Å². The molecular weight excluding hydrogens is 554 g/mol. The van der Waals surface area contributed by atoms with Crippen LogP contribution in [0.3, 0.4) is 0 Å². The number of carbonyl (C=O) groups excluding carboxylic acids is 1. The smallest absolute Gasteiger partial charge is 0.305 e. The minimum atomic E-state index is -1.99. The minimum absolute atomic E-state index is 0. The molecular formula is C29H36IO3P. The molecule has 0 unspecified atom stereocenters. The standard InChI is InChI=1S/C29H36O3P.HI/c1-32-29(31)23-15-4-2-3-8-16-25(30)24-33(26-17-9-5-10-18-26,27-19-11-6-12-20-27)28-21-13-7-14-22-28;/h5-7,9-14,17-22,25,30H,2-4,8,15-16,23-24H2,1H3;1H/q+1;/p-1/t25-;/m1./s1. The van der Waals surface area contributed by atoms with E-state index < -0.39 is 7.26 Å². The summed E-state index contributed by atoms with van der Waals surface area (Å²) in [4.78, 5) is 11.2. The number of halogens is 1. The number of aliphatic hydroxyl groups is 1. The van der Waals surface area contributed by atoms with Crippen LogP contribution in [0.1, 0.15) is 44.9 Å². The zero-order valence-electron chi connectivity index (χ0n) is 20.0. The molecule has 1 atom stereocenters. The van der Waals surface area contributed by atoms with Gasteiger partial charge in [-0.25, -0.2) is 0 Å². The second kappa shape index (κ2) is 15.3. The summed E-state index contributed by atoms with van der Waals surface area (Å²) in [6.07, 6.45) is 6.73. The first-order chi connectivity index (χ1) is 16.2. The van der Waals surface area contributed by atoms with E-state index in [-0.39, 0.29) is 36.0 Å². The van der Waals surface area contributed by atoms with Gasteiger partial charge in [-0.1, -0.05) is 80.3 Å². The Kier molecular flexibility index (Phi) is 12.8. The molecule has 0 saturated carbocycles. The maximum atomic E-state index is 11.2. The molecule has 0 bridgehead atoms. The van der Waals surface area contributed by atoms with Crippen LogP contribution in [0.4, 0.5) is 0 Å². The van der Waals surface area contributed by atoms with Crippen molar-refractivity contribution in [1.29, 1.82) is 0 Å². The summed E-state index contributed by atoms with van der Waals surface area (Å²) in [7, 11) is -0.554. The van der Waals surface area contributed by atoms with E-state index in [1.165, 1.54) is 23.0 Å². The summed E-state index contributed by atoms with van der Waals surface area (Å²) < 4.78 is 4.70. The Morgan fingerprint density at radius 1 is 0.735 bits per heavy atom. The summed E-state index contributed by atoms with van der Waals surface area (Å²) in [6, 6.07) is 32.2. The average molecular weight is 590 g/mol. The van der Waals surface area contributed by atoms with Gasteiger partial charge in [0.25, 0.3) is 0 Å². The van der Waals surface area contributed by atoms with Crippen molar-refractivity contribution in [1.82, 2.24) is 0 Å². The predicted octanol–water partition coefficient (Wildman–Crippen LogP) is 2.25. The van der Waals surface area contributed by atoms with Crippen LogP contribution in [0.2, 0.25) is 0 Å². The Bertz CT molecular complexity index is 854. The first-order valence-electron chi connectivity index (χ1n) is 12.0. The van der Waals surface area contributed by atoms with Gasteiger partial charge in [-0.3, -0.25) is 4.79 Å². The van der Waals surface area contributed by atoms with Crippen LogP contribution in [0.5, 0.6) is 0 Å². The minimum Gasteiger partial charge on any atom is -1.00 e. The molecule has 3 rings (SSSR count). The fourth-order valence-corrected chi connectivity index (χ4v) is 8.88. The van der Waals surface area contributed by atoms with Crippen LogP contribution in [0.15, 0.2) is 91.0 Å². The zero-order chi connectivity index (χ0) is 23.4. The van der Waals surface area contributed by atoms with E-state index in [0.717, 1.165) is 44.7 Å². The van der Waals surface area contributed by atoms with Crippen LogP contribution in [-0.2, 0) is 9.53 Å². The summed E-state index contributed by atoms with van der Waals surface area (Å²) >= 11 is 0. The first-order valence-corrected chi connectivity index (χ1v) is 13.9. The molecule has 3 aromatic rings. The van der Waals surface area contributed by atoms with Gasteiger partial charge in [0.2, 0.25) is 0 Å². The second-order valence-electron chi connectivity index (χ2n) is 8.54. The highest BCUT2D eigenvalue weighted by molar-refractivity contribution is 7.95. The molecule has 0 aliphatic rings. The lowest BCUT2D eigenvalue weighted by molar-refractivity contribution is -0.140. The van der Waals surface area contributed by atoms with Gasteiger partial charge in [-0.2, -0.15) is 0 Å². The van der Waals surface area contributed by atoms with Crippen molar-refractivity contribution >= 4 is 29.1 Å². The van der Waals surface area contributed by atoms with Crippen molar-refractivity contribution in [3.8, 4) is 0 Å². The monoisotopic (exact) mass is 590 g/mol. The van der Waals surface area contributed by atoms with E-state index in [4.69, 9.17) is 4.74 Å². The molecule has 0 radical (unpaired) electrons. The maximum Gasteiger partial charge on any atom is 0.305 e. The number of methoxy groups -OCH3 is 1. The lowest BCUT2D eigenvalue weighted by atomic mass is 10.1. The molecule has 0 saturated heterocycles. The van der Waals surface area contributed by atoms with Crippen molar-refractivity contribution < 1.29 is 38.6 Å². The third kappa shape index (κ3) is 7.90. The van der Waals surface area contributed by atoms with Crippen LogP contribution in [-0.4, -0.2) is 30.5 Å². The highest BCUT2D eigenvalue weighted by atomic mass is 127. The molecule has 0 aliphatic heterocycles. The molecule has 3 nitrogen and oxygen atoms in total. The lowest BCUT2D eigenvalue weighted by Gasteiger charge is -2.29. The van der Waals surface area contributed by atoms with E-state index in [1.807, 2.05) is 0 Å². The number of unbranched alkanes of at least 4 members (excludes halogenated alkanes) is 4. The molecule has 182 valence electrons. The van der Waals surface area contributed by atoms with Gasteiger partial charge in [0.1, 0.15) is 23.2 Å². The second-order valence-corrected chi connectivity index (χ2v) is 12.1. The van der Waals surface area contributed by atoms with Crippen LogP contribution >= 0.6 is 7.26 Å².